The smallest absolute Gasteiger partial charge is 0.225 e. The van der Waals surface area contributed by atoms with E-state index < -0.39 is 33.1 Å². The molecule has 0 radical (unpaired) electrons. The number of anilines is 1. The molecule has 0 spiro atoms. The van der Waals surface area contributed by atoms with Crippen LogP contribution in [0.4, 0.5) is 10.1 Å². The summed E-state index contributed by atoms with van der Waals surface area (Å²) in [4.78, 5) is 25.3. The second-order valence-corrected chi connectivity index (χ2v) is 9.52. The van der Waals surface area contributed by atoms with Crippen molar-refractivity contribution in [2.75, 3.05) is 11.1 Å². The van der Waals surface area contributed by atoms with Gasteiger partial charge in [0.1, 0.15) is 5.82 Å². The minimum Gasteiger partial charge on any atom is -0.325 e. The number of sulfone groups is 1. The number of hydrogen-bond donors (Lipinski definition) is 1. The Bertz CT molecular complexity index is 1240. The van der Waals surface area contributed by atoms with Gasteiger partial charge >= 0.3 is 0 Å². The predicted molar refractivity (Wildman–Crippen MR) is 118 cm³/mol. The molecular weight excluding hydrogens is 464 g/mol. The Kier molecular flexibility index (Phi) is 7.10. The fourth-order valence-electron chi connectivity index (χ4n) is 2.80. The minimum absolute atomic E-state index is 0.0808. The van der Waals surface area contributed by atoms with E-state index >= 15 is 0 Å². The molecule has 0 aromatic heterocycles. The third kappa shape index (κ3) is 5.70. The van der Waals surface area contributed by atoms with E-state index in [0.717, 1.165) is 24.3 Å². The molecule has 5 nitrogen and oxygen atoms in total. The molecule has 3 rings (SSSR count). The first kappa shape index (κ1) is 22.9. The van der Waals surface area contributed by atoms with Crippen molar-refractivity contribution >= 4 is 50.4 Å². The standard InChI is InChI=1S/C22H16Cl2FNO4S/c23-14-5-10-20(18(13-14)22(28)17-3-1-2-4-19(17)24)26-21(27)11-12-31(29,30)16-8-6-15(25)7-9-16/h1-10,13H,11-12H2,(H,26,27). The van der Waals surface area contributed by atoms with Crippen LogP contribution < -0.4 is 5.32 Å². The van der Waals surface area contributed by atoms with Gasteiger partial charge in [-0.2, -0.15) is 0 Å². The summed E-state index contributed by atoms with van der Waals surface area (Å²) in [5.41, 5.74) is 0.537. The molecule has 0 aliphatic carbocycles. The number of amides is 1. The Morgan fingerprint density at radius 2 is 1.58 bits per heavy atom. The van der Waals surface area contributed by atoms with E-state index in [1.807, 2.05) is 0 Å². The first-order valence-electron chi connectivity index (χ1n) is 9.04. The van der Waals surface area contributed by atoms with E-state index in [-0.39, 0.29) is 38.2 Å². The number of benzene rings is 3. The van der Waals surface area contributed by atoms with Crippen LogP contribution in [0, 0.1) is 5.82 Å². The minimum atomic E-state index is -3.78. The van der Waals surface area contributed by atoms with Crippen LogP contribution in [0.25, 0.3) is 0 Å². The van der Waals surface area contributed by atoms with Crippen LogP contribution in [0.3, 0.4) is 0 Å². The highest BCUT2D eigenvalue weighted by Crippen LogP contribution is 2.27. The molecular formula is C22H16Cl2FNO4S. The number of nitrogens with one attached hydrogen (secondary N) is 1. The Balaban J connectivity index is 1.77. The second-order valence-electron chi connectivity index (χ2n) is 6.57. The van der Waals surface area contributed by atoms with Crippen molar-refractivity contribution in [3.63, 3.8) is 0 Å². The largest absolute Gasteiger partial charge is 0.325 e. The van der Waals surface area contributed by atoms with Gasteiger partial charge in [-0.1, -0.05) is 35.3 Å². The van der Waals surface area contributed by atoms with E-state index in [9.17, 15) is 22.4 Å². The van der Waals surface area contributed by atoms with Crippen LogP contribution in [0.15, 0.2) is 71.6 Å². The van der Waals surface area contributed by atoms with Crippen LogP contribution >= 0.6 is 23.2 Å². The van der Waals surface area contributed by atoms with Crippen molar-refractivity contribution < 1.29 is 22.4 Å². The molecule has 0 atom stereocenters. The maximum Gasteiger partial charge on any atom is 0.225 e. The van der Waals surface area contributed by atoms with Crippen molar-refractivity contribution in [3.8, 4) is 0 Å². The van der Waals surface area contributed by atoms with Gasteiger partial charge < -0.3 is 5.32 Å². The summed E-state index contributed by atoms with van der Waals surface area (Å²) in [7, 11) is -3.78. The lowest BCUT2D eigenvalue weighted by Crippen LogP contribution is -2.19. The number of halogens is 3. The topological polar surface area (TPSA) is 80.3 Å². The highest BCUT2D eigenvalue weighted by atomic mass is 35.5. The molecule has 160 valence electrons. The molecule has 0 bridgehead atoms. The summed E-state index contributed by atoms with van der Waals surface area (Å²) in [6.45, 7) is 0. The lowest BCUT2D eigenvalue weighted by molar-refractivity contribution is -0.115. The lowest BCUT2D eigenvalue weighted by atomic mass is 10.0. The van der Waals surface area contributed by atoms with E-state index in [1.165, 1.54) is 18.2 Å². The molecule has 3 aromatic rings. The van der Waals surface area contributed by atoms with Crippen LogP contribution in [-0.4, -0.2) is 25.9 Å². The van der Waals surface area contributed by atoms with E-state index in [0.29, 0.717) is 0 Å². The number of carbonyl (C=O) groups is 2. The third-order valence-electron chi connectivity index (χ3n) is 4.39. The molecule has 0 aliphatic heterocycles. The average Bonchev–Trinajstić information content (AvgIpc) is 2.74. The van der Waals surface area contributed by atoms with Crippen molar-refractivity contribution in [2.45, 2.75) is 11.3 Å². The molecule has 0 unspecified atom stereocenters. The monoisotopic (exact) mass is 479 g/mol. The maximum absolute atomic E-state index is 13.0. The van der Waals surface area contributed by atoms with Gasteiger partial charge in [0.05, 0.1) is 21.4 Å². The van der Waals surface area contributed by atoms with Gasteiger partial charge in [-0.05, 0) is 54.6 Å². The molecule has 0 saturated carbocycles. The first-order chi connectivity index (χ1) is 14.7. The Hall–Kier alpha value is -2.74. The molecule has 0 aliphatic rings. The summed E-state index contributed by atoms with van der Waals surface area (Å²) < 4.78 is 37.7. The number of rotatable bonds is 7. The highest BCUT2D eigenvalue weighted by molar-refractivity contribution is 7.91. The summed E-state index contributed by atoms with van der Waals surface area (Å²) in [6, 6.07) is 15.2. The molecule has 1 N–H and O–H groups in total. The average molecular weight is 480 g/mol. The van der Waals surface area contributed by atoms with Crippen molar-refractivity contribution in [2.24, 2.45) is 0 Å². The van der Waals surface area contributed by atoms with Gasteiger partial charge in [0.25, 0.3) is 0 Å². The third-order valence-corrected chi connectivity index (χ3v) is 6.69. The summed E-state index contributed by atoms with van der Waals surface area (Å²) in [6.07, 6.45) is -0.359. The number of ketones is 1. The fraction of sp³-hybridized carbons (Fsp3) is 0.0909. The summed E-state index contributed by atoms with van der Waals surface area (Å²) in [5.74, 6) is -2.09. The number of carbonyl (C=O) groups excluding carboxylic acids is 2. The van der Waals surface area contributed by atoms with Gasteiger partial charge in [-0.3, -0.25) is 9.59 Å². The zero-order chi connectivity index (χ0) is 22.6. The fourth-order valence-corrected chi connectivity index (χ4v) is 4.44. The summed E-state index contributed by atoms with van der Waals surface area (Å²) >= 11 is 12.1. The molecule has 1 amide bonds. The maximum atomic E-state index is 13.0. The Morgan fingerprint density at radius 1 is 0.903 bits per heavy atom. The van der Waals surface area contributed by atoms with E-state index in [2.05, 4.69) is 5.32 Å². The normalized spacial score (nSPS) is 11.2. The number of hydrogen-bond acceptors (Lipinski definition) is 4. The zero-order valence-electron chi connectivity index (χ0n) is 15.9. The van der Waals surface area contributed by atoms with Crippen molar-refractivity contribution in [1.82, 2.24) is 0 Å². The molecule has 31 heavy (non-hydrogen) atoms. The van der Waals surface area contributed by atoms with Crippen LogP contribution in [0.5, 0.6) is 0 Å². The van der Waals surface area contributed by atoms with Crippen molar-refractivity contribution in [3.05, 3.63) is 93.7 Å². The van der Waals surface area contributed by atoms with Crippen LogP contribution in [-0.2, 0) is 14.6 Å². The molecule has 3 aromatic carbocycles. The molecule has 0 heterocycles. The highest BCUT2D eigenvalue weighted by Gasteiger charge is 2.20. The summed E-state index contributed by atoms with van der Waals surface area (Å²) in [5, 5.41) is 3.09. The van der Waals surface area contributed by atoms with Gasteiger partial charge in [0.2, 0.25) is 5.91 Å². The quantitative estimate of drug-likeness (QED) is 0.374. The Labute approximate surface area is 188 Å². The van der Waals surface area contributed by atoms with E-state index in [4.69, 9.17) is 23.2 Å². The van der Waals surface area contributed by atoms with E-state index in [1.54, 1.807) is 24.3 Å². The molecule has 0 saturated heterocycles. The van der Waals surface area contributed by atoms with Gasteiger partial charge in [0.15, 0.2) is 15.6 Å². The SMILES string of the molecule is O=C(CCS(=O)(=O)c1ccc(F)cc1)Nc1ccc(Cl)cc1C(=O)c1ccccc1Cl. The van der Waals surface area contributed by atoms with Gasteiger partial charge in [-0.15, -0.1) is 0 Å². The lowest BCUT2D eigenvalue weighted by Gasteiger charge is -2.12. The van der Waals surface area contributed by atoms with Gasteiger partial charge in [0, 0.05) is 22.6 Å². The Morgan fingerprint density at radius 3 is 2.26 bits per heavy atom. The first-order valence-corrected chi connectivity index (χ1v) is 11.4. The van der Waals surface area contributed by atoms with Crippen molar-refractivity contribution in [1.29, 1.82) is 0 Å². The van der Waals surface area contributed by atoms with Crippen LogP contribution in [0.2, 0.25) is 10.0 Å². The van der Waals surface area contributed by atoms with Gasteiger partial charge in [-0.25, -0.2) is 12.8 Å². The molecule has 9 heteroatoms. The zero-order valence-corrected chi connectivity index (χ0v) is 18.3. The second kappa shape index (κ2) is 9.60. The van der Waals surface area contributed by atoms with Crippen LogP contribution in [0.1, 0.15) is 22.3 Å². The molecule has 0 fully saturated rings. The predicted octanol–water partition coefficient (Wildman–Crippen LogP) is 5.17.